The van der Waals surface area contributed by atoms with Crippen molar-refractivity contribution in [3.63, 3.8) is 0 Å². The van der Waals surface area contributed by atoms with Gasteiger partial charge in [0.25, 0.3) is 0 Å². The van der Waals surface area contributed by atoms with E-state index < -0.39 is 0 Å². The van der Waals surface area contributed by atoms with Gasteiger partial charge in [0.15, 0.2) is 0 Å². The van der Waals surface area contributed by atoms with E-state index in [1.807, 2.05) is 24.1 Å². The molecule has 1 rings (SSSR count). The smallest absolute Gasteiger partial charge is 0.123 e. The summed E-state index contributed by atoms with van der Waals surface area (Å²) in [5.74, 6) is 0.535. The van der Waals surface area contributed by atoms with Crippen molar-refractivity contribution in [2.24, 2.45) is 0 Å². The van der Waals surface area contributed by atoms with Crippen LogP contribution in [0.3, 0.4) is 0 Å². The molecule has 1 heterocycles. The van der Waals surface area contributed by atoms with E-state index in [0.29, 0.717) is 18.9 Å². The Morgan fingerprint density at radius 1 is 1.57 bits per heavy atom. The summed E-state index contributed by atoms with van der Waals surface area (Å²) in [5, 5.41) is 9.17. The van der Waals surface area contributed by atoms with E-state index in [-0.39, 0.29) is 6.10 Å². The first kappa shape index (κ1) is 10.9. The number of aromatic nitrogens is 1. The molecule has 0 aromatic carbocycles. The third kappa shape index (κ3) is 3.72. The second kappa shape index (κ2) is 4.93. The molecule has 4 nitrogen and oxygen atoms in total. The first-order valence-electron chi connectivity index (χ1n) is 4.66. The van der Waals surface area contributed by atoms with Crippen LogP contribution < -0.4 is 5.73 Å². The molecular formula is C10H17N3O. The molecule has 0 amide bonds. The number of aliphatic hydroxyl groups excluding tert-OH is 1. The molecule has 0 bridgehead atoms. The van der Waals surface area contributed by atoms with Gasteiger partial charge in [0.2, 0.25) is 0 Å². The zero-order chi connectivity index (χ0) is 10.6. The molecule has 0 aliphatic rings. The van der Waals surface area contributed by atoms with Crippen LogP contribution in [0, 0.1) is 0 Å². The van der Waals surface area contributed by atoms with Crippen LogP contribution in [0.4, 0.5) is 5.82 Å². The van der Waals surface area contributed by atoms with Gasteiger partial charge in [-0.3, -0.25) is 4.90 Å². The summed E-state index contributed by atoms with van der Waals surface area (Å²) in [4.78, 5) is 6.18. The van der Waals surface area contributed by atoms with E-state index in [0.717, 1.165) is 5.69 Å². The van der Waals surface area contributed by atoms with Crippen LogP contribution >= 0.6 is 0 Å². The minimum Gasteiger partial charge on any atom is -0.392 e. The van der Waals surface area contributed by atoms with Gasteiger partial charge in [0.1, 0.15) is 5.82 Å². The average molecular weight is 195 g/mol. The third-order valence-corrected chi connectivity index (χ3v) is 1.84. The molecule has 1 unspecified atom stereocenters. The summed E-state index contributed by atoms with van der Waals surface area (Å²) in [7, 11) is 1.94. The fourth-order valence-corrected chi connectivity index (χ4v) is 1.38. The zero-order valence-corrected chi connectivity index (χ0v) is 8.64. The number of likely N-dealkylation sites (N-methyl/N-ethyl adjacent to an activating group) is 1. The molecule has 4 heteroatoms. The average Bonchev–Trinajstić information content (AvgIpc) is 2.01. The fraction of sp³-hybridized carbons (Fsp3) is 0.500. The highest BCUT2D eigenvalue weighted by molar-refractivity contribution is 5.28. The van der Waals surface area contributed by atoms with Crippen molar-refractivity contribution >= 4 is 5.82 Å². The van der Waals surface area contributed by atoms with Crippen molar-refractivity contribution in [2.45, 2.75) is 19.6 Å². The van der Waals surface area contributed by atoms with Crippen molar-refractivity contribution < 1.29 is 5.11 Å². The Morgan fingerprint density at radius 3 is 2.86 bits per heavy atom. The number of aliphatic hydroxyl groups is 1. The molecule has 1 atom stereocenters. The molecule has 0 radical (unpaired) electrons. The minimum atomic E-state index is -0.318. The quantitative estimate of drug-likeness (QED) is 0.733. The zero-order valence-electron chi connectivity index (χ0n) is 8.64. The number of nitrogens with two attached hydrogens (primary N) is 1. The van der Waals surface area contributed by atoms with Crippen LogP contribution in [0.2, 0.25) is 0 Å². The predicted molar refractivity (Wildman–Crippen MR) is 56.7 cm³/mol. The van der Waals surface area contributed by atoms with Crippen molar-refractivity contribution in [3.8, 4) is 0 Å². The van der Waals surface area contributed by atoms with Gasteiger partial charge in [0, 0.05) is 13.1 Å². The highest BCUT2D eigenvalue weighted by Crippen LogP contribution is 2.03. The SMILES string of the molecule is CC(O)CN(C)Cc1cccc(N)n1. The first-order chi connectivity index (χ1) is 6.58. The Hall–Kier alpha value is -1.13. The van der Waals surface area contributed by atoms with Crippen molar-refractivity contribution in [1.29, 1.82) is 0 Å². The molecular weight excluding hydrogens is 178 g/mol. The van der Waals surface area contributed by atoms with E-state index >= 15 is 0 Å². The standard InChI is InChI=1S/C10H17N3O/c1-8(14)6-13(2)7-9-4-3-5-10(11)12-9/h3-5,8,14H,6-7H2,1-2H3,(H2,11,12). The largest absolute Gasteiger partial charge is 0.392 e. The molecule has 1 aromatic rings. The Balaban J connectivity index is 2.51. The third-order valence-electron chi connectivity index (χ3n) is 1.84. The van der Waals surface area contributed by atoms with Gasteiger partial charge in [-0.15, -0.1) is 0 Å². The van der Waals surface area contributed by atoms with E-state index in [9.17, 15) is 0 Å². The lowest BCUT2D eigenvalue weighted by Gasteiger charge is -2.17. The Morgan fingerprint density at radius 2 is 2.29 bits per heavy atom. The van der Waals surface area contributed by atoms with Crippen molar-refractivity contribution in [3.05, 3.63) is 23.9 Å². The van der Waals surface area contributed by atoms with Gasteiger partial charge in [0.05, 0.1) is 11.8 Å². The van der Waals surface area contributed by atoms with Gasteiger partial charge in [-0.25, -0.2) is 4.98 Å². The van der Waals surface area contributed by atoms with Crippen molar-refractivity contribution in [1.82, 2.24) is 9.88 Å². The topological polar surface area (TPSA) is 62.4 Å². The predicted octanol–water partition coefficient (Wildman–Crippen LogP) is 0.476. The lowest BCUT2D eigenvalue weighted by Crippen LogP contribution is -2.27. The number of nitrogen functional groups attached to an aromatic ring is 1. The molecule has 0 saturated heterocycles. The monoisotopic (exact) mass is 195 g/mol. The minimum absolute atomic E-state index is 0.318. The molecule has 78 valence electrons. The maximum Gasteiger partial charge on any atom is 0.123 e. The Kier molecular flexibility index (Phi) is 3.85. The maximum atomic E-state index is 9.17. The Bertz CT molecular complexity index is 288. The van der Waals surface area contributed by atoms with Crippen LogP contribution in [-0.4, -0.2) is 34.7 Å². The summed E-state index contributed by atoms with van der Waals surface area (Å²) >= 11 is 0. The summed E-state index contributed by atoms with van der Waals surface area (Å²) in [5.41, 5.74) is 6.48. The molecule has 0 aliphatic carbocycles. The fourth-order valence-electron chi connectivity index (χ4n) is 1.38. The summed E-state index contributed by atoms with van der Waals surface area (Å²) in [6.07, 6.45) is -0.318. The van der Waals surface area contributed by atoms with Gasteiger partial charge in [-0.2, -0.15) is 0 Å². The van der Waals surface area contributed by atoms with E-state index in [1.54, 1.807) is 13.0 Å². The van der Waals surface area contributed by atoms with Gasteiger partial charge in [-0.05, 0) is 26.1 Å². The van der Waals surface area contributed by atoms with Gasteiger partial charge < -0.3 is 10.8 Å². The molecule has 14 heavy (non-hydrogen) atoms. The molecule has 0 spiro atoms. The number of nitrogens with zero attached hydrogens (tertiary/aromatic N) is 2. The summed E-state index contributed by atoms with van der Waals surface area (Å²) < 4.78 is 0. The lowest BCUT2D eigenvalue weighted by atomic mass is 10.3. The summed E-state index contributed by atoms with van der Waals surface area (Å²) in [6, 6.07) is 5.57. The van der Waals surface area contributed by atoms with Crippen LogP contribution in [0.15, 0.2) is 18.2 Å². The second-order valence-corrected chi connectivity index (χ2v) is 3.60. The van der Waals surface area contributed by atoms with Crippen LogP contribution in [0.5, 0.6) is 0 Å². The van der Waals surface area contributed by atoms with Crippen LogP contribution in [-0.2, 0) is 6.54 Å². The molecule has 1 aromatic heterocycles. The highest BCUT2D eigenvalue weighted by Gasteiger charge is 2.04. The second-order valence-electron chi connectivity index (χ2n) is 3.60. The number of anilines is 1. The molecule has 0 saturated carbocycles. The molecule has 0 aliphatic heterocycles. The van der Waals surface area contributed by atoms with Crippen LogP contribution in [0.25, 0.3) is 0 Å². The van der Waals surface area contributed by atoms with E-state index in [2.05, 4.69) is 4.98 Å². The number of hydrogen-bond donors (Lipinski definition) is 2. The van der Waals surface area contributed by atoms with Crippen molar-refractivity contribution in [2.75, 3.05) is 19.3 Å². The first-order valence-corrected chi connectivity index (χ1v) is 4.66. The van der Waals surface area contributed by atoms with Crippen LogP contribution in [0.1, 0.15) is 12.6 Å². The molecule has 3 N–H and O–H groups in total. The maximum absolute atomic E-state index is 9.17. The summed E-state index contributed by atoms with van der Waals surface area (Å²) in [6.45, 7) is 3.11. The Labute approximate surface area is 84.4 Å². The highest BCUT2D eigenvalue weighted by atomic mass is 16.3. The van der Waals surface area contributed by atoms with Gasteiger partial charge >= 0.3 is 0 Å². The lowest BCUT2D eigenvalue weighted by molar-refractivity contribution is 0.138. The van der Waals surface area contributed by atoms with E-state index in [1.165, 1.54) is 0 Å². The number of rotatable bonds is 4. The number of hydrogen-bond acceptors (Lipinski definition) is 4. The van der Waals surface area contributed by atoms with E-state index in [4.69, 9.17) is 10.8 Å². The number of pyridine rings is 1. The normalized spacial score (nSPS) is 13.1. The van der Waals surface area contributed by atoms with Gasteiger partial charge in [-0.1, -0.05) is 6.07 Å². The molecule has 0 fully saturated rings.